The van der Waals surface area contributed by atoms with Crippen LogP contribution in [0.25, 0.3) is 0 Å². The number of aromatic amines is 1. The Hall–Kier alpha value is -4.66. The first kappa shape index (κ1) is 40.1. The van der Waals surface area contributed by atoms with Gasteiger partial charge in [-0.3, -0.25) is 4.79 Å². The van der Waals surface area contributed by atoms with E-state index in [0.717, 1.165) is 34.1 Å². The molecule has 1 N–H and O–H groups in total. The van der Waals surface area contributed by atoms with Crippen LogP contribution in [-0.4, -0.2) is 80.1 Å². The zero-order valence-corrected chi connectivity index (χ0v) is 34.1. The van der Waals surface area contributed by atoms with E-state index in [9.17, 15) is 18.0 Å². The monoisotopic (exact) mass is 827 g/mol. The number of nitrogens with zero attached hydrogens (tertiary/aromatic N) is 2. The molecular weight excluding hydrogens is 782 g/mol. The number of aromatic nitrogens is 2. The fourth-order valence-corrected chi connectivity index (χ4v) is 11.7. The second-order valence-electron chi connectivity index (χ2n) is 14.6. The molecule has 3 aliphatic heterocycles. The fraction of sp³-hybridized carbons (Fsp3) is 0.349. The molecule has 3 saturated heterocycles. The molecule has 13 nitrogen and oxygen atoms in total. The van der Waals surface area contributed by atoms with E-state index in [4.69, 9.17) is 28.0 Å². The number of aryl methyl sites for hydroxylation is 1. The van der Waals surface area contributed by atoms with Crippen molar-refractivity contribution in [1.29, 1.82) is 0 Å². The van der Waals surface area contributed by atoms with Crippen molar-refractivity contribution in [3.05, 3.63) is 158 Å². The SMILES string of the molecule is COc1ccc(C(OC[C@H]2O[C@@H](n3c(=O)[nH]cc(C)c3=O)C[C@@H]2O[P@@]2O[C@H](CS(=O)(=O)c3ccccc3)[C@@H]3CCCN32)(c2ccccc2)c2ccc(OC)cc2)cc1. The van der Waals surface area contributed by atoms with E-state index < -0.39 is 59.8 Å². The molecule has 3 fully saturated rings. The Labute approximate surface area is 338 Å². The highest BCUT2D eigenvalue weighted by atomic mass is 32.2. The highest BCUT2D eigenvalue weighted by molar-refractivity contribution is 7.91. The number of rotatable bonds is 14. The topological polar surface area (TPSA) is 148 Å². The standard InChI is InChI=1S/C43H46N3O10PS/c1-29-26-44-42(48)46(41(29)47)40-25-37(55-57-45-24-10-15-36(45)39(56-57)28-58(49,50)35-13-8-5-9-14-35)38(54-40)27-53-43(30-11-6-4-7-12-30,31-16-20-33(51-2)21-17-31)32-18-22-34(52-3)23-19-32/h4-9,11-14,16-23,26,36-40H,10,15,24-25,27-28H2,1-3H3,(H,44,48)/t36-,37-,38+,39+,40+,57-/m0/s1. The lowest BCUT2D eigenvalue weighted by atomic mass is 9.80. The maximum Gasteiger partial charge on any atom is 0.330 e. The summed E-state index contributed by atoms with van der Waals surface area (Å²) in [5.74, 6) is 1.17. The number of methoxy groups -OCH3 is 2. The fourth-order valence-electron chi connectivity index (χ4n) is 8.13. The van der Waals surface area contributed by atoms with Crippen molar-refractivity contribution >= 4 is 18.4 Å². The van der Waals surface area contributed by atoms with E-state index in [1.165, 1.54) is 6.20 Å². The molecule has 0 spiro atoms. The van der Waals surface area contributed by atoms with Crippen molar-refractivity contribution in [3.8, 4) is 11.5 Å². The average Bonchev–Trinajstić information content (AvgIpc) is 3.98. The second-order valence-corrected chi connectivity index (χ2v) is 18.1. The minimum atomic E-state index is -3.65. The van der Waals surface area contributed by atoms with Gasteiger partial charge in [0.15, 0.2) is 9.84 Å². The van der Waals surface area contributed by atoms with Crippen LogP contribution in [0.15, 0.2) is 130 Å². The smallest absolute Gasteiger partial charge is 0.330 e. The van der Waals surface area contributed by atoms with Gasteiger partial charge in [0, 0.05) is 30.8 Å². The van der Waals surface area contributed by atoms with Crippen LogP contribution in [0.1, 0.15) is 47.7 Å². The first-order chi connectivity index (χ1) is 28.1. The van der Waals surface area contributed by atoms with Crippen LogP contribution in [0.3, 0.4) is 0 Å². The lowest BCUT2D eigenvalue weighted by Crippen LogP contribution is -2.40. The van der Waals surface area contributed by atoms with Gasteiger partial charge in [0.05, 0.1) is 43.7 Å². The molecule has 5 aromatic rings. The Morgan fingerprint density at radius 3 is 2.05 bits per heavy atom. The van der Waals surface area contributed by atoms with Crippen molar-refractivity contribution in [3.63, 3.8) is 0 Å². The largest absolute Gasteiger partial charge is 0.497 e. The Balaban J connectivity index is 1.15. The Morgan fingerprint density at radius 2 is 1.43 bits per heavy atom. The maximum atomic E-state index is 13.5. The molecule has 0 saturated carbocycles. The highest BCUT2D eigenvalue weighted by Gasteiger charge is 2.51. The van der Waals surface area contributed by atoms with Crippen LogP contribution < -0.4 is 20.7 Å². The Kier molecular flexibility index (Phi) is 11.7. The molecule has 0 unspecified atom stereocenters. The van der Waals surface area contributed by atoms with Crippen molar-refractivity contribution in [2.24, 2.45) is 0 Å². The third-order valence-electron chi connectivity index (χ3n) is 11.1. The molecule has 15 heteroatoms. The molecule has 304 valence electrons. The van der Waals surface area contributed by atoms with Crippen LogP contribution >= 0.6 is 8.53 Å². The van der Waals surface area contributed by atoms with E-state index in [1.54, 1.807) is 51.5 Å². The number of H-pyrrole nitrogens is 1. The normalized spacial score (nSPS) is 23.5. The number of hydrogen-bond donors (Lipinski definition) is 1. The van der Waals surface area contributed by atoms with Crippen LogP contribution in [0.4, 0.5) is 0 Å². The van der Waals surface area contributed by atoms with Gasteiger partial charge in [-0.2, -0.15) is 0 Å². The summed E-state index contributed by atoms with van der Waals surface area (Å²) in [5.41, 5.74) is 0.559. The van der Waals surface area contributed by atoms with Gasteiger partial charge in [-0.1, -0.05) is 72.8 Å². The van der Waals surface area contributed by atoms with Gasteiger partial charge in [-0.25, -0.2) is 22.4 Å². The summed E-state index contributed by atoms with van der Waals surface area (Å²) in [5, 5.41) is 0. The van der Waals surface area contributed by atoms with Gasteiger partial charge in [-0.15, -0.1) is 0 Å². The van der Waals surface area contributed by atoms with Crippen LogP contribution in [0.5, 0.6) is 11.5 Å². The third kappa shape index (κ3) is 7.78. The van der Waals surface area contributed by atoms with Gasteiger partial charge in [0.25, 0.3) is 14.1 Å². The van der Waals surface area contributed by atoms with Crippen molar-refractivity contribution in [2.45, 2.75) is 67.3 Å². The van der Waals surface area contributed by atoms with E-state index in [1.807, 2.05) is 78.9 Å². The van der Waals surface area contributed by atoms with Gasteiger partial charge < -0.3 is 33.0 Å². The number of nitrogens with one attached hydrogen (secondary N) is 1. The van der Waals surface area contributed by atoms with Crippen molar-refractivity contribution in [1.82, 2.24) is 14.2 Å². The summed E-state index contributed by atoms with van der Waals surface area (Å²) in [7, 11) is -2.17. The highest BCUT2D eigenvalue weighted by Crippen LogP contribution is 2.58. The minimum Gasteiger partial charge on any atom is -0.497 e. The molecule has 3 aliphatic rings. The predicted molar refractivity (Wildman–Crippen MR) is 218 cm³/mol. The maximum absolute atomic E-state index is 13.5. The van der Waals surface area contributed by atoms with Gasteiger partial charge >= 0.3 is 5.69 Å². The molecule has 0 amide bonds. The lowest BCUT2D eigenvalue weighted by Gasteiger charge is -2.37. The van der Waals surface area contributed by atoms with Crippen LogP contribution in [-0.2, 0) is 34.0 Å². The Bertz CT molecular complexity index is 2370. The molecule has 0 bridgehead atoms. The number of hydrogen-bond acceptors (Lipinski definition) is 11. The van der Waals surface area contributed by atoms with Gasteiger partial charge in [0.1, 0.15) is 29.4 Å². The molecular formula is C43H46N3O10PS. The molecule has 6 atom stereocenters. The summed E-state index contributed by atoms with van der Waals surface area (Å²) in [6.45, 7) is 2.27. The number of fused-ring (bicyclic) bond motifs is 1. The third-order valence-corrected chi connectivity index (χ3v) is 14.7. The molecule has 8 rings (SSSR count). The molecule has 4 aromatic carbocycles. The zero-order valence-electron chi connectivity index (χ0n) is 32.4. The molecule has 0 radical (unpaired) electrons. The number of sulfone groups is 1. The van der Waals surface area contributed by atoms with Crippen LogP contribution in [0.2, 0.25) is 0 Å². The van der Waals surface area contributed by atoms with Crippen molar-refractivity contribution < 1.29 is 36.4 Å². The summed E-state index contributed by atoms with van der Waals surface area (Å²) in [6.07, 6.45) is 0.0576. The molecule has 4 heterocycles. The summed E-state index contributed by atoms with van der Waals surface area (Å²) < 4.78 is 68.5. The first-order valence-corrected chi connectivity index (χ1v) is 22.0. The summed E-state index contributed by atoms with van der Waals surface area (Å²) in [6, 6.07) is 33.4. The Morgan fingerprint density at radius 1 is 0.828 bits per heavy atom. The lowest BCUT2D eigenvalue weighted by molar-refractivity contribution is -0.0925. The molecule has 1 aromatic heterocycles. The summed E-state index contributed by atoms with van der Waals surface area (Å²) >= 11 is 0. The minimum absolute atomic E-state index is 0.0367. The molecule has 0 aliphatic carbocycles. The van der Waals surface area contributed by atoms with E-state index >= 15 is 0 Å². The predicted octanol–water partition coefficient (Wildman–Crippen LogP) is 6.11. The van der Waals surface area contributed by atoms with Crippen molar-refractivity contribution in [2.75, 3.05) is 33.1 Å². The number of benzene rings is 4. The van der Waals surface area contributed by atoms with E-state index in [2.05, 4.69) is 9.65 Å². The second kappa shape index (κ2) is 16.9. The first-order valence-electron chi connectivity index (χ1n) is 19.2. The summed E-state index contributed by atoms with van der Waals surface area (Å²) in [4.78, 5) is 29.5. The van der Waals surface area contributed by atoms with E-state index in [-0.39, 0.29) is 29.7 Å². The van der Waals surface area contributed by atoms with Crippen LogP contribution in [0, 0.1) is 6.92 Å². The van der Waals surface area contributed by atoms with Gasteiger partial charge in [-0.05, 0) is 72.9 Å². The number of ether oxygens (including phenoxy) is 4. The quantitative estimate of drug-likeness (QED) is 0.102. The van der Waals surface area contributed by atoms with Gasteiger partial charge in [0.2, 0.25) is 0 Å². The zero-order chi connectivity index (χ0) is 40.4. The average molecular weight is 828 g/mol. The molecule has 58 heavy (non-hydrogen) atoms. The van der Waals surface area contributed by atoms with E-state index in [0.29, 0.717) is 23.6 Å².